The van der Waals surface area contributed by atoms with Crippen LogP contribution in [-0.4, -0.2) is 48.4 Å². The van der Waals surface area contributed by atoms with E-state index >= 15 is 0 Å². The second-order valence-corrected chi connectivity index (χ2v) is 7.95. The molecule has 0 radical (unpaired) electrons. The van der Waals surface area contributed by atoms with Crippen LogP contribution < -0.4 is 15.5 Å². The third-order valence-corrected chi connectivity index (χ3v) is 5.83. The van der Waals surface area contributed by atoms with Crippen LogP contribution in [-0.2, 0) is 6.42 Å². The summed E-state index contributed by atoms with van der Waals surface area (Å²) < 4.78 is 13.4. The molecule has 0 saturated carbocycles. The number of carbonyl (C=O) groups excluding carboxylic acids is 3. The molecule has 1 fully saturated rings. The van der Waals surface area contributed by atoms with Gasteiger partial charge in [0.15, 0.2) is 5.78 Å². The lowest BCUT2D eigenvalue weighted by atomic mass is 10.1. The number of amides is 4. The van der Waals surface area contributed by atoms with E-state index in [1.165, 1.54) is 19.1 Å². The van der Waals surface area contributed by atoms with Crippen LogP contribution in [0.4, 0.5) is 25.4 Å². The molecule has 2 aliphatic heterocycles. The van der Waals surface area contributed by atoms with Crippen molar-refractivity contribution in [3.8, 4) is 0 Å². The lowest BCUT2D eigenvalue weighted by Crippen LogP contribution is -2.50. The summed E-state index contributed by atoms with van der Waals surface area (Å²) in [5.74, 6) is -0.312. The Labute approximate surface area is 180 Å². The molecule has 7 nitrogen and oxygen atoms in total. The molecular formula is C23H25FN4O3. The molecular weight excluding hydrogens is 399 g/mol. The normalized spacial score (nSPS) is 16.1. The van der Waals surface area contributed by atoms with Gasteiger partial charge in [-0.15, -0.1) is 0 Å². The van der Waals surface area contributed by atoms with Crippen molar-refractivity contribution in [2.45, 2.75) is 32.2 Å². The van der Waals surface area contributed by atoms with E-state index in [4.69, 9.17) is 0 Å². The van der Waals surface area contributed by atoms with Crippen LogP contribution in [0.1, 0.15) is 35.7 Å². The molecule has 2 aliphatic rings. The number of carbonyl (C=O) groups is 3. The molecule has 31 heavy (non-hydrogen) atoms. The first kappa shape index (κ1) is 20.8. The molecule has 0 bridgehead atoms. The van der Waals surface area contributed by atoms with Crippen molar-refractivity contribution in [3.63, 3.8) is 0 Å². The number of halogens is 1. The van der Waals surface area contributed by atoms with Crippen LogP contribution in [0.25, 0.3) is 0 Å². The number of ketones is 1. The van der Waals surface area contributed by atoms with Crippen LogP contribution in [0.3, 0.4) is 0 Å². The number of Topliss-reactive ketones (excluding diaryl/α,β-unsaturated/α-hetero) is 1. The Morgan fingerprint density at radius 3 is 2.35 bits per heavy atom. The van der Waals surface area contributed by atoms with Gasteiger partial charge in [-0.1, -0.05) is 0 Å². The largest absolute Gasteiger partial charge is 0.335 e. The van der Waals surface area contributed by atoms with Gasteiger partial charge < -0.3 is 15.5 Å². The lowest BCUT2D eigenvalue weighted by Gasteiger charge is -2.33. The van der Waals surface area contributed by atoms with Crippen LogP contribution in [0.5, 0.6) is 0 Å². The Balaban J connectivity index is 1.26. The Hall–Kier alpha value is -3.42. The van der Waals surface area contributed by atoms with Gasteiger partial charge in [0.05, 0.1) is 0 Å². The summed E-state index contributed by atoms with van der Waals surface area (Å²) in [5.41, 5.74) is 2.83. The Morgan fingerprint density at radius 2 is 1.68 bits per heavy atom. The van der Waals surface area contributed by atoms with Crippen molar-refractivity contribution >= 4 is 29.2 Å². The minimum atomic E-state index is -0.290. The Kier molecular flexibility index (Phi) is 5.88. The Morgan fingerprint density at radius 1 is 0.968 bits per heavy atom. The molecule has 0 aromatic heterocycles. The van der Waals surface area contributed by atoms with E-state index in [1.54, 1.807) is 40.1 Å². The van der Waals surface area contributed by atoms with E-state index in [0.29, 0.717) is 50.1 Å². The van der Waals surface area contributed by atoms with Crippen LogP contribution >= 0.6 is 0 Å². The summed E-state index contributed by atoms with van der Waals surface area (Å²) in [6.45, 7) is 3.10. The first-order valence-electron chi connectivity index (χ1n) is 10.4. The van der Waals surface area contributed by atoms with Gasteiger partial charge in [0, 0.05) is 42.6 Å². The zero-order valence-electron chi connectivity index (χ0n) is 17.4. The van der Waals surface area contributed by atoms with Gasteiger partial charge in [-0.2, -0.15) is 0 Å². The van der Waals surface area contributed by atoms with Gasteiger partial charge in [-0.25, -0.2) is 14.0 Å². The van der Waals surface area contributed by atoms with Crippen molar-refractivity contribution in [3.05, 3.63) is 59.4 Å². The van der Waals surface area contributed by atoms with Gasteiger partial charge >= 0.3 is 12.1 Å². The number of piperidine rings is 1. The summed E-state index contributed by atoms with van der Waals surface area (Å²) in [4.78, 5) is 39.9. The van der Waals surface area contributed by atoms with Gasteiger partial charge in [-0.05, 0) is 74.2 Å². The van der Waals surface area contributed by atoms with E-state index in [9.17, 15) is 18.8 Å². The summed E-state index contributed by atoms with van der Waals surface area (Å²) >= 11 is 0. The van der Waals surface area contributed by atoms with E-state index in [2.05, 4.69) is 10.6 Å². The number of hydrogen-bond acceptors (Lipinski definition) is 3. The fourth-order valence-electron chi connectivity index (χ4n) is 4.05. The molecule has 162 valence electrons. The van der Waals surface area contributed by atoms with Crippen molar-refractivity contribution in [1.29, 1.82) is 0 Å². The van der Waals surface area contributed by atoms with Gasteiger partial charge in [0.2, 0.25) is 0 Å². The van der Waals surface area contributed by atoms with Gasteiger partial charge in [0.1, 0.15) is 5.82 Å². The van der Waals surface area contributed by atoms with E-state index in [1.807, 2.05) is 0 Å². The molecule has 2 heterocycles. The number of fused-ring (bicyclic) bond motifs is 1. The Bertz CT molecular complexity index is 1000. The number of hydrogen-bond donors (Lipinski definition) is 2. The maximum atomic E-state index is 13.4. The fraction of sp³-hybridized carbons (Fsp3) is 0.348. The zero-order valence-corrected chi connectivity index (χ0v) is 17.4. The van der Waals surface area contributed by atoms with E-state index in [-0.39, 0.29) is 29.7 Å². The van der Waals surface area contributed by atoms with Crippen molar-refractivity contribution in [1.82, 2.24) is 10.2 Å². The number of benzene rings is 2. The molecule has 0 unspecified atom stereocenters. The van der Waals surface area contributed by atoms with E-state index < -0.39 is 0 Å². The van der Waals surface area contributed by atoms with Crippen molar-refractivity contribution in [2.75, 3.05) is 29.9 Å². The average molecular weight is 424 g/mol. The molecule has 4 amide bonds. The highest BCUT2D eigenvalue weighted by Gasteiger charge is 2.29. The van der Waals surface area contributed by atoms with Gasteiger partial charge in [-0.3, -0.25) is 9.69 Å². The van der Waals surface area contributed by atoms with Crippen LogP contribution in [0.2, 0.25) is 0 Å². The maximum absolute atomic E-state index is 13.4. The molecule has 4 rings (SSSR count). The molecule has 0 spiro atoms. The number of nitrogens with zero attached hydrogens (tertiary/aromatic N) is 2. The second kappa shape index (κ2) is 8.75. The average Bonchev–Trinajstić information content (AvgIpc) is 3.17. The predicted molar refractivity (Wildman–Crippen MR) is 116 cm³/mol. The minimum Gasteiger partial charge on any atom is -0.335 e. The number of rotatable bonds is 3. The van der Waals surface area contributed by atoms with Crippen molar-refractivity contribution in [2.24, 2.45) is 0 Å². The number of urea groups is 2. The first-order valence-corrected chi connectivity index (χ1v) is 10.4. The highest BCUT2D eigenvalue weighted by Crippen LogP contribution is 2.28. The minimum absolute atomic E-state index is 0.0177. The smallest absolute Gasteiger partial charge is 0.322 e. The number of anilines is 2. The number of likely N-dealkylation sites (tertiary alicyclic amines) is 1. The molecule has 2 N–H and O–H groups in total. The van der Waals surface area contributed by atoms with E-state index in [0.717, 1.165) is 11.3 Å². The van der Waals surface area contributed by atoms with Crippen molar-refractivity contribution < 1.29 is 18.8 Å². The molecule has 2 aromatic rings. The lowest BCUT2D eigenvalue weighted by molar-refractivity contribution is 0.101. The highest BCUT2D eigenvalue weighted by molar-refractivity contribution is 5.96. The second-order valence-electron chi connectivity index (χ2n) is 7.95. The molecule has 0 aliphatic carbocycles. The SMILES string of the molecule is CC(=O)c1ccc(NC(=O)N2CCC(NC(=O)N3CCc4cc(F)ccc43)CC2)cc1. The summed E-state index contributed by atoms with van der Waals surface area (Å²) in [6, 6.07) is 10.9. The molecule has 1 saturated heterocycles. The molecule has 0 atom stereocenters. The van der Waals surface area contributed by atoms with Crippen LogP contribution in [0.15, 0.2) is 42.5 Å². The molecule has 8 heteroatoms. The highest BCUT2D eigenvalue weighted by atomic mass is 19.1. The number of nitrogens with one attached hydrogen (secondary N) is 2. The summed E-state index contributed by atoms with van der Waals surface area (Å²) in [6.07, 6.45) is 1.96. The summed E-state index contributed by atoms with van der Waals surface area (Å²) in [5, 5.41) is 5.89. The third-order valence-electron chi connectivity index (χ3n) is 5.83. The zero-order chi connectivity index (χ0) is 22.0. The predicted octanol–water partition coefficient (Wildman–Crippen LogP) is 3.80. The third kappa shape index (κ3) is 4.68. The first-order chi connectivity index (χ1) is 14.9. The van der Waals surface area contributed by atoms with Gasteiger partial charge in [0.25, 0.3) is 0 Å². The standard InChI is InChI=1S/C23H25FN4O3/c1-15(29)16-2-5-19(6-3-16)25-22(30)27-11-9-20(10-12-27)26-23(31)28-13-8-17-14-18(24)4-7-21(17)28/h2-7,14,20H,8-13H2,1H3,(H,25,30)(H,26,31). The maximum Gasteiger partial charge on any atom is 0.322 e. The monoisotopic (exact) mass is 424 g/mol. The fourth-order valence-corrected chi connectivity index (χ4v) is 4.05. The topological polar surface area (TPSA) is 81.8 Å². The van der Waals surface area contributed by atoms with Crippen LogP contribution in [0, 0.1) is 5.82 Å². The quantitative estimate of drug-likeness (QED) is 0.736. The summed E-state index contributed by atoms with van der Waals surface area (Å²) in [7, 11) is 0. The molecule has 2 aromatic carbocycles.